The number of allylic oxidation sites excluding steroid dienone is 2. The van der Waals surface area contributed by atoms with Gasteiger partial charge < -0.3 is 14.8 Å². The Labute approximate surface area is 133 Å². The molecule has 1 heterocycles. The van der Waals surface area contributed by atoms with Gasteiger partial charge in [0.1, 0.15) is 11.7 Å². The highest BCUT2D eigenvalue weighted by molar-refractivity contribution is 5.62. The average molecular weight is 318 g/mol. The maximum atomic E-state index is 11.6. The van der Waals surface area contributed by atoms with Crippen LogP contribution in [0.1, 0.15) is 30.9 Å². The second-order valence-corrected chi connectivity index (χ2v) is 5.28. The zero-order valence-corrected chi connectivity index (χ0v) is 13.4. The van der Waals surface area contributed by atoms with E-state index in [2.05, 4.69) is 10.1 Å². The number of hydrogen-bond donors (Lipinski definition) is 1. The van der Waals surface area contributed by atoms with E-state index in [1.54, 1.807) is 19.9 Å². The van der Waals surface area contributed by atoms with Crippen LogP contribution in [-0.2, 0) is 9.47 Å². The number of nitro groups is 1. The molecule has 0 saturated carbocycles. The number of ether oxygens (including phenoxy) is 2. The molecule has 122 valence electrons. The summed E-state index contributed by atoms with van der Waals surface area (Å²) in [5, 5.41) is 14.4. The maximum Gasteiger partial charge on any atom is 0.513 e. The number of hydrogen-bond acceptors (Lipinski definition) is 6. The van der Waals surface area contributed by atoms with Crippen LogP contribution >= 0.6 is 0 Å². The molecule has 1 unspecified atom stereocenters. The number of dihydropyridines is 1. The number of nitrogens with one attached hydrogen (secondary N) is 1. The standard InChI is InChI=1S/C16H18N2O5/c1-9-6-5-7-12(8-9)13-14(18(20)21)10(2)17-11(3)15(13)23-16(19)22-4/h5-8,13,17H,1-4H3. The number of methoxy groups -OCH3 is 1. The van der Waals surface area contributed by atoms with E-state index in [9.17, 15) is 14.9 Å². The molecule has 0 bridgehead atoms. The molecule has 1 aromatic rings. The van der Waals surface area contributed by atoms with Gasteiger partial charge in [-0.1, -0.05) is 29.8 Å². The van der Waals surface area contributed by atoms with Crippen molar-refractivity contribution < 1.29 is 19.2 Å². The van der Waals surface area contributed by atoms with Crippen molar-refractivity contribution >= 4 is 6.16 Å². The third kappa shape index (κ3) is 3.33. The van der Waals surface area contributed by atoms with Gasteiger partial charge in [0, 0.05) is 0 Å². The summed E-state index contributed by atoms with van der Waals surface area (Å²) in [7, 11) is 1.19. The van der Waals surface area contributed by atoms with E-state index in [1.807, 2.05) is 25.1 Å². The first-order valence-corrected chi connectivity index (χ1v) is 7.00. The fourth-order valence-electron chi connectivity index (χ4n) is 2.63. The molecule has 0 fully saturated rings. The van der Waals surface area contributed by atoms with Crippen molar-refractivity contribution in [3.05, 3.63) is 68.4 Å². The maximum absolute atomic E-state index is 11.6. The van der Waals surface area contributed by atoms with E-state index in [1.165, 1.54) is 7.11 Å². The van der Waals surface area contributed by atoms with E-state index in [-0.39, 0.29) is 11.5 Å². The quantitative estimate of drug-likeness (QED) is 0.523. The zero-order chi connectivity index (χ0) is 17.1. The summed E-state index contributed by atoms with van der Waals surface area (Å²) in [6, 6.07) is 7.31. The highest BCUT2D eigenvalue weighted by Gasteiger charge is 2.39. The van der Waals surface area contributed by atoms with Crippen molar-refractivity contribution in [3.8, 4) is 0 Å². The minimum absolute atomic E-state index is 0.0555. The van der Waals surface area contributed by atoms with Crippen LogP contribution in [0.2, 0.25) is 0 Å². The lowest BCUT2D eigenvalue weighted by atomic mass is 9.88. The van der Waals surface area contributed by atoms with E-state index in [0.717, 1.165) is 5.56 Å². The van der Waals surface area contributed by atoms with Gasteiger partial charge in [0.25, 0.3) is 5.70 Å². The Morgan fingerprint density at radius 3 is 2.52 bits per heavy atom. The lowest BCUT2D eigenvalue weighted by molar-refractivity contribution is -0.431. The minimum Gasteiger partial charge on any atom is -0.437 e. The lowest BCUT2D eigenvalue weighted by Crippen LogP contribution is -2.29. The Morgan fingerprint density at radius 1 is 1.26 bits per heavy atom. The molecule has 1 aliphatic heterocycles. The topological polar surface area (TPSA) is 90.7 Å². The molecular weight excluding hydrogens is 300 g/mol. The smallest absolute Gasteiger partial charge is 0.437 e. The first-order valence-electron chi connectivity index (χ1n) is 7.00. The Morgan fingerprint density at radius 2 is 1.96 bits per heavy atom. The van der Waals surface area contributed by atoms with Gasteiger partial charge in [0.05, 0.1) is 23.4 Å². The number of benzene rings is 1. The zero-order valence-electron chi connectivity index (χ0n) is 13.4. The van der Waals surface area contributed by atoms with E-state index in [4.69, 9.17) is 4.74 Å². The second-order valence-electron chi connectivity index (χ2n) is 5.28. The Hall–Kier alpha value is -2.83. The number of nitrogens with zero attached hydrogens (tertiary/aromatic N) is 1. The molecule has 7 heteroatoms. The monoisotopic (exact) mass is 318 g/mol. The highest BCUT2D eigenvalue weighted by Crippen LogP contribution is 2.39. The second kappa shape index (κ2) is 6.51. The normalized spacial score (nSPS) is 17.7. The number of carbonyl (C=O) groups is 1. The first-order chi connectivity index (χ1) is 10.8. The van der Waals surface area contributed by atoms with Crippen molar-refractivity contribution in [2.45, 2.75) is 26.7 Å². The molecule has 23 heavy (non-hydrogen) atoms. The third-order valence-corrected chi connectivity index (χ3v) is 3.60. The average Bonchev–Trinajstić information content (AvgIpc) is 2.48. The van der Waals surface area contributed by atoms with Crippen LogP contribution in [0.3, 0.4) is 0 Å². The molecule has 1 aromatic carbocycles. The summed E-state index contributed by atoms with van der Waals surface area (Å²) < 4.78 is 9.73. The largest absolute Gasteiger partial charge is 0.513 e. The summed E-state index contributed by atoms with van der Waals surface area (Å²) >= 11 is 0. The van der Waals surface area contributed by atoms with E-state index < -0.39 is 17.0 Å². The molecule has 0 aliphatic carbocycles. The van der Waals surface area contributed by atoms with Crippen molar-refractivity contribution in [3.63, 3.8) is 0 Å². The molecule has 0 amide bonds. The van der Waals surface area contributed by atoms with Gasteiger partial charge in [0.15, 0.2) is 0 Å². The molecule has 7 nitrogen and oxygen atoms in total. The van der Waals surface area contributed by atoms with Crippen LogP contribution < -0.4 is 5.32 Å². The van der Waals surface area contributed by atoms with Gasteiger partial charge in [-0.15, -0.1) is 0 Å². The van der Waals surface area contributed by atoms with Crippen molar-refractivity contribution in [1.82, 2.24) is 5.32 Å². The Kier molecular flexibility index (Phi) is 4.68. The van der Waals surface area contributed by atoms with Crippen molar-refractivity contribution in [2.75, 3.05) is 7.11 Å². The van der Waals surface area contributed by atoms with Gasteiger partial charge in [0.2, 0.25) is 0 Å². The molecule has 0 aromatic heterocycles. The van der Waals surface area contributed by atoms with E-state index >= 15 is 0 Å². The predicted molar refractivity (Wildman–Crippen MR) is 82.9 cm³/mol. The van der Waals surface area contributed by atoms with Crippen LogP contribution in [0.25, 0.3) is 0 Å². The summed E-state index contributed by atoms with van der Waals surface area (Å²) in [5.74, 6) is -0.620. The van der Waals surface area contributed by atoms with Crippen LogP contribution in [0.15, 0.2) is 47.1 Å². The Balaban J connectivity index is 2.60. The summed E-state index contributed by atoms with van der Waals surface area (Å²) in [4.78, 5) is 22.6. The first kappa shape index (κ1) is 16.5. The molecule has 1 aliphatic rings. The minimum atomic E-state index is -0.916. The van der Waals surface area contributed by atoms with Crippen LogP contribution in [0.4, 0.5) is 4.79 Å². The summed E-state index contributed by atoms with van der Waals surface area (Å²) in [6.07, 6.45) is -0.916. The molecule has 2 rings (SSSR count). The summed E-state index contributed by atoms with van der Waals surface area (Å²) in [5.41, 5.74) is 2.52. The van der Waals surface area contributed by atoms with Gasteiger partial charge >= 0.3 is 6.16 Å². The lowest BCUT2D eigenvalue weighted by Gasteiger charge is -2.26. The molecular formula is C16H18N2O5. The van der Waals surface area contributed by atoms with Gasteiger partial charge in [-0.05, 0) is 26.3 Å². The fraction of sp³-hybridized carbons (Fsp3) is 0.312. The SMILES string of the molecule is COC(=O)OC1=C(C)NC(C)=C([N+](=O)[O-])C1c1cccc(C)c1. The van der Waals surface area contributed by atoms with E-state index in [0.29, 0.717) is 17.0 Å². The predicted octanol–water partition coefficient (Wildman–Crippen LogP) is 3.20. The Bertz CT molecular complexity index is 721. The third-order valence-electron chi connectivity index (χ3n) is 3.60. The molecule has 0 radical (unpaired) electrons. The van der Waals surface area contributed by atoms with Crippen LogP contribution in [-0.4, -0.2) is 18.2 Å². The highest BCUT2D eigenvalue weighted by atomic mass is 16.7. The number of aryl methyl sites for hydroxylation is 1. The van der Waals surface area contributed by atoms with Crippen molar-refractivity contribution in [2.24, 2.45) is 0 Å². The van der Waals surface area contributed by atoms with Crippen molar-refractivity contribution in [1.29, 1.82) is 0 Å². The molecule has 1 atom stereocenters. The summed E-state index contributed by atoms with van der Waals surface area (Å²) in [6.45, 7) is 5.21. The van der Waals surface area contributed by atoms with Gasteiger partial charge in [-0.2, -0.15) is 0 Å². The van der Waals surface area contributed by atoms with Crippen LogP contribution in [0.5, 0.6) is 0 Å². The molecule has 0 spiro atoms. The molecule has 1 N–H and O–H groups in total. The fourth-order valence-corrected chi connectivity index (χ4v) is 2.63. The van der Waals surface area contributed by atoms with Gasteiger partial charge in [-0.3, -0.25) is 10.1 Å². The number of rotatable bonds is 3. The number of carbonyl (C=O) groups excluding carboxylic acids is 1. The molecule has 0 saturated heterocycles. The van der Waals surface area contributed by atoms with Gasteiger partial charge in [-0.25, -0.2) is 4.79 Å². The van der Waals surface area contributed by atoms with Crippen LogP contribution in [0, 0.1) is 17.0 Å².